The van der Waals surface area contributed by atoms with Crippen LogP contribution in [0.15, 0.2) is 72.8 Å². The number of fused-ring (bicyclic) bond motifs is 1. The van der Waals surface area contributed by atoms with Crippen LogP contribution in [0.4, 0.5) is 11.4 Å². The Bertz CT molecular complexity index is 1350. The van der Waals surface area contributed by atoms with Crippen LogP contribution in [0.1, 0.15) is 44.6 Å². The number of benzene rings is 3. The zero-order chi connectivity index (χ0) is 27.9. The second kappa shape index (κ2) is 12.8. The van der Waals surface area contributed by atoms with Crippen molar-refractivity contribution in [3.05, 3.63) is 78.4 Å². The number of para-hydroxylation sites is 1. The summed E-state index contributed by atoms with van der Waals surface area (Å²) < 4.78 is 16.8. The monoisotopic (exact) mass is 559 g/mol. The number of thiocarbonyl (C=S) groups is 1. The van der Waals surface area contributed by atoms with Crippen molar-refractivity contribution in [3.8, 4) is 17.2 Å². The van der Waals surface area contributed by atoms with E-state index in [1.54, 1.807) is 29.2 Å². The number of nitrogens with zero attached hydrogens (tertiary/aromatic N) is 2. The summed E-state index contributed by atoms with van der Waals surface area (Å²) in [6.45, 7) is 3.29. The van der Waals surface area contributed by atoms with E-state index in [9.17, 15) is 9.59 Å². The molecule has 3 aromatic rings. The highest BCUT2D eigenvalue weighted by atomic mass is 32.1. The molecule has 2 heterocycles. The maximum absolute atomic E-state index is 13.7. The number of hydrogen-bond acceptors (Lipinski definition) is 6. The number of rotatable bonds is 11. The molecule has 5 rings (SSSR count). The topological polar surface area (TPSA) is 80.3 Å². The van der Waals surface area contributed by atoms with E-state index in [4.69, 9.17) is 26.4 Å². The third-order valence-electron chi connectivity index (χ3n) is 6.94. The fraction of sp³-hybridized carbons (Fsp3) is 0.323. The molecule has 1 N–H and O–H groups in total. The van der Waals surface area contributed by atoms with E-state index >= 15 is 0 Å². The molecule has 1 saturated heterocycles. The van der Waals surface area contributed by atoms with Crippen LogP contribution >= 0.6 is 12.2 Å². The Morgan fingerprint density at radius 2 is 1.77 bits per heavy atom. The molecule has 3 aromatic carbocycles. The normalized spacial score (nSPS) is 15.8. The molecular weight excluding hydrogens is 526 g/mol. The van der Waals surface area contributed by atoms with Gasteiger partial charge in [-0.1, -0.05) is 50.5 Å². The lowest BCUT2D eigenvalue weighted by Crippen LogP contribution is -2.46. The minimum Gasteiger partial charge on any atom is -0.494 e. The van der Waals surface area contributed by atoms with Gasteiger partial charge in [0.2, 0.25) is 12.7 Å². The molecule has 2 aliphatic heterocycles. The van der Waals surface area contributed by atoms with Crippen molar-refractivity contribution in [2.45, 2.75) is 51.6 Å². The van der Waals surface area contributed by atoms with Gasteiger partial charge in [-0.2, -0.15) is 0 Å². The summed E-state index contributed by atoms with van der Waals surface area (Å²) in [5, 5.41) is 3.57. The predicted octanol–water partition coefficient (Wildman–Crippen LogP) is 5.91. The first-order chi connectivity index (χ1) is 19.5. The Morgan fingerprint density at radius 3 is 2.55 bits per heavy atom. The van der Waals surface area contributed by atoms with E-state index in [1.807, 2.05) is 48.5 Å². The van der Waals surface area contributed by atoms with Gasteiger partial charge in [-0.3, -0.25) is 9.59 Å². The van der Waals surface area contributed by atoms with Gasteiger partial charge < -0.3 is 24.4 Å². The molecule has 40 heavy (non-hydrogen) atoms. The number of ether oxygens (including phenoxy) is 3. The summed E-state index contributed by atoms with van der Waals surface area (Å²) in [7, 11) is 0. The molecular formula is C31H33N3O5S. The Balaban J connectivity index is 1.33. The number of imide groups is 1. The fourth-order valence-corrected chi connectivity index (χ4v) is 5.13. The van der Waals surface area contributed by atoms with Crippen LogP contribution in [-0.2, 0) is 16.1 Å². The van der Waals surface area contributed by atoms with Gasteiger partial charge in [0.25, 0.3) is 5.91 Å². The van der Waals surface area contributed by atoms with Crippen LogP contribution in [0.2, 0.25) is 0 Å². The minimum absolute atomic E-state index is 0.00960. The summed E-state index contributed by atoms with van der Waals surface area (Å²) >= 11 is 5.78. The summed E-state index contributed by atoms with van der Waals surface area (Å²) in [6.07, 6.45) is 4.51. The molecule has 0 radical (unpaired) electrons. The third-order valence-corrected chi connectivity index (χ3v) is 7.27. The van der Waals surface area contributed by atoms with Gasteiger partial charge in [-0.15, -0.1) is 0 Å². The average Bonchev–Trinajstić information content (AvgIpc) is 3.55. The molecule has 0 aromatic heterocycles. The first-order valence-electron chi connectivity index (χ1n) is 13.6. The smallest absolute Gasteiger partial charge is 0.257 e. The lowest BCUT2D eigenvalue weighted by molar-refractivity contribution is -0.122. The minimum atomic E-state index is -0.767. The van der Waals surface area contributed by atoms with E-state index < -0.39 is 6.04 Å². The highest BCUT2D eigenvalue weighted by Gasteiger charge is 2.43. The first kappa shape index (κ1) is 27.5. The predicted molar refractivity (Wildman–Crippen MR) is 158 cm³/mol. The maximum Gasteiger partial charge on any atom is 0.257 e. The number of carbonyl (C=O) groups excluding carboxylic acids is 2. The van der Waals surface area contributed by atoms with Crippen molar-refractivity contribution < 1.29 is 23.8 Å². The molecule has 0 saturated carbocycles. The van der Waals surface area contributed by atoms with Crippen molar-refractivity contribution in [3.63, 3.8) is 0 Å². The summed E-state index contributed by atoms with van der Waals surface area (Å²) in [5.74, 6) is 1.43. The molecule has 8 nitrogen and oxygen atoms in total. The zero-order valence-electron chi connectivity index (χ0n) is 22.5. The maximum atomic E-state index is 13.7. The number of unbranched alkanes of at least 4 members (excludes halogenated alkanes) is 3. The van der Waals surface area contributed by atoms with Crippen LogP contribution in [0.5, 0.6) is 17.2 Å². The van der Waals surface area contributed by atoms with Crippen LogP contribution in [0.3, 0.4) is 0 Å². The number of hydrogen-bond donors (Lipinski definition) is 1. The lowest BCUT2D eigenvalue weighted by Gasteiger charge is -2.30. The number of carbonyl (C=O) groups is 2. The standard InChI is InChI=1S/C31H33N3O5S/c1-2-3-4-8-17-37-25-14-12-24(13-15-25)34-29(35)19-26(30(34)36)33(31(40)32-23-9-6-5-7-10-23)20-22-11-16-27-28(18-22)39-21-38-27/h5-7,9-16,18,26H,2-4,8,17,19-21H2,1H3,(H,32,40). The number of anilines is 2. The Morgan fingerprint density at radius 1 is 1.00 bits per heavy atom. The number of nitrogens with one attached hydrogen (secondary N) is 1. The van der Waals surface area contributed by atoms with Gasteiger partial charge in [-0.05, 0) is 72.7 Å². The van der Waals surface area contributed by atoms with Crippen molar-refractivity contribution in [2.75, 3.05) is 23.6 Å². The fourth-order valence-electron chi connectivity index (χ4n) is 4.82. The molecule has 1 unspecified atom stereocenters. The van der Waals surface area contributed by atoms with Gasteiger partial charge in [-0.25, -0.2) is 4.90 Å². The van der Waals surface area contributed by atoms with Crippen LogP contribution in [0.25, 0.3) is 0 Å². The van der Waals surface area contributed by atoms with Gasteiger partial charge >= 0.3 is 0 Å². The van der Waals surface area contributed by atoms with Crippen LogP contribution < -0.4 is 24.4 Å². The highest BCUT2D eigenvalue weighted by Crippen LogP contribution is 2.34. The summed E-state index contributed by atoms with van der Waals surface area (Å²) in [5.41, 5.74) is 2.18. The molecule has 0 aliphatic carbocycles. The van der Waals surface area contributed by atoms with Crippen molar-refractivity contribution in [1.82, 2.24) is 4.90 Å². The second-order valence-electron chi connectivity index (χ2n) is 9.80. The molecule has 9 heteroatoms. The quantitative estimate of drug-likeness (QED) is 0.177. The largest absolute Gasteiger partial charge is 0.494 e. The van der Waals surface area contributed by atoms with Crippen LogP contribution in [0, 0.1) is 0 Å². The first-order valence-corrected chi connectivity index (χ1v) is 14.0. The van der Waals surface area contributed by atoms with Crippen molar-refractivity contribution >= 4 is 40.5 Å². The Kier molecular flexibility index (Phi) is 8.81. The zero-order valence-corrected chi connectivity index (χ0v) is 23.3. The third kappa shape index (κ3) is 6.37. The van der Waals surface area contributed by atoms with Gasteiger partial charge in [0, 0.05) is 12.2 Å². The van der Waals surface area contributed by atoms with Crippen molar-refractivity contribution in [2.24, 2.45) is 0 Å². The second-order valence-corrected chi connectivity index (χ2v) is 10.2. The van der Waals surface area contributed by atoms with Gasteiger partial charge in [0.15, 0.2) is 16.6 Å². The van der Waals surface area contributed by atoms with E-state index in [0.717, 1.165) is 24.1 Å². The molecule has 0 spiro atoms. The molecule has 2 amide bonds. The highest BCUT2D eigenvalue weighted by molar-refractivity contribution is 7.80. The van der Waals surface area contributed by atoms with Gasteiger partial charge in [0.1, 0.15) is 11.8 Å². The Labute approximate surface area is 239 Å². The summed E-state index contributed by atoms with van der Waals surface area (Å²) in [6, 6.07) is 21.5. The van der Waals surface area contributed by atoms with E-state index in [-0.39, 0.29) is 25.0 Å². The molecule has 1 fully saturated rings. The summed E-state index contributed by atoms with van der Waals surface area (Å²) in [4.78, 5) is 30.0. The van der Waals surface area contributed by atoms with E-state index in [1.165, 1.54) is 17.7 Å². The lowest BCUT2D eigenvalue weighted by atomic mass is 10.1. The Hall–Kier alpha value is -4.11. The SMILES string of the molecule is CCCCCCOc1ccc(N2C(=O)CC(N(Cc3ccc4c(c3)OCO4)C(=S)Nc3ccccc3)C2=O)cc1. The van der Waals surface area contributed by atoms with E-state index in [0.29, 0.717) is 41.2 Å². The van der Waals surface area contributed by atoms with Crippen molar-refractivity contribution in [1.29, 1.82) is 0 Å². The number of amides is 2. The molecule has 208 valence electrons. The van der Waals surface area contributed by atoms with E-state index in [2.05, 4.69) is 12.2 Å². The van der Waals surface area contributed by atoms with Gasteiger partial charge in [0.05, 0.1) is 18.7 Å². The van der Waals surface area contributed by atoms with Crippen LogP contribution in [-0.4, -0.2) is 41.3 Å². The molecule has 1 atom stereocenters. The molecule has 2 aliphatic rings. The molecule has 0 bridgehead atoms. The average molecular weight is 560 g/mol.